The van der Waals surface area contributed by atoms with Crippen molar-refractivity contribution in [2.45, 2.75) is 49.5 Å². The van der Waals surface area contributed by atoms with Crippen molar-refractivity contribution in [3.8, 4) is 11.1 Å². The molecule has 1 fully saturated rings. The van der Waals surface area contributed by atoms with Crippen LogP contribution in [0.3, 0.4) is 0 Å². The van der Waals surface area contributed by atoms with E-state index in [0.29, 0.717) is 4.90 Å². The molecule has 0 spiro atoms. The monoisotopic (exact) mass is 330 g/mol. The third-order valence-electron chi connectivity index (χ3n) is 4.33. The molecule has 1 aliphatic carbocycles. The van der Waals surface area contributed by atoms with Gasteiger partial charge in [-0.1, -0.05) is 37.8 Å². The lowest BCUT2D eigenvalue weighted by Gasteiger charge is -2.16. The Morgan fingerprint density at radius 1 is 0.913 bits per heavy atom. The van der Waals surface area contributed by atoms with Crippen LogP contribution in [0.5, 0.6) is 0 Å². The molecule has 122 valence electrons. The predicted molar refractivity (Wildman–Crippen MR) is 91.5 cm³/mol. The highest BCUT2D eigenvalue weighted by molar-refractivity contribution is 7.89. The van der Waals surface area contributed by atoms with Crippen molar-refractivity contribution in [1.29, 1.82) is 0 Å². The van der Waals surface area contributed by atoms with E-state index in [0.717, 1.165) is 36.8 Å². The zero-order chi connectivity index (χ0) is 16.1. The predicted octanol–water partition coefficient (Wildman–Crippen LogP) is 3.75. The zero-order valence-corrected chi connectivity index (χ0v) is 13.9. The maximum absolute atomic E-state index is 12.7. The van der Waals surface area contributed by atoms with Crippen LogP contribution in [0.1, 0.15) is 38.5 Å². The van der Waals surface area contributed by atoms with Gasteiger partial charge < -0.3 is 0 Å². The van der Waals surface area contributed by atoms with Crippen LogP contribution in [0.4, 0.5) is 0 Å². The molecule has 1 aliphatic rings. The summed E-state index contributed by atoms with van der Waals surface area (Å²) in [5.41, 5.74) is 1.85. The Kier molecular flexibility index (Phi) is 5.08. The Hall–Kier alpha value is -1.72. The first kappa shape index (κ1) is 16.1. The molecule has 0 bridgehead atoms. The van der Waals surface area contributed by atoms with E-state index in [2.05, 4.69) is 9.71 Å². The van der Waals surface area contributed by atoms with E-state index in [-0.39, 0.29) is 6.04 Å². The highest BCUT2D eigenvalue weighted by Gasteiger charge is 2.21. The van der Waals surface area contributed by atoms with Crippen LogP contribution in [0.15, 0.2) is 53.7 Å². The minimum Gasteiger partial charge on any atom is -0.265 e. The van der Waals surface area contributed by atoms with Gasteiger partial charge in [-0.15, -0.1) is 0 Å². The molecule has 1 aromatic heterocycles. The quantitative estimate of drug-likeness (QED) is 0.869. The van der Waals surface area contributed by atoms with Gasteiger partial charge in [0, 0.05) is 18.4 Å². The van der Waals surface area contributed by atoms with E-state index in [9.17, 15) is 8.42 Å². The van der Waals surface area contributed by atoms with Gasteiger partial charge in [-0.3, -0.25) is 4.98 Å². The molecule has 0 aliphatic heterocycles. The maximum atomic E-state index is 12.7. The molecule has 5 heteroatoms. The Morgan fingerprint density at radius 3 is 2.30 bits per heavy atom. The third kappa shape index (κ3) is 4.18. The van der Waals surface area contributed by atoms with Crippen molar-refractivity contribution in [3.63, 3.8) is 0 Å². The smallest absolute Gasteiger partial charge is 0.240 e. The summed E-state index contributed by atoms with van der Waals surface area (Å²) in [6.45, 7) is 0. The lowest BCUT2D eigenvalue weighted by Crippen LogP contribution is -2.34. The SMILES string of the molecule is O=S(=O)(NC1CCCCCC1)c1cccc(-c2ccncc2)c1. The summed E-state index contributed by atoms with van der Waals surface area (Å²) in [7, 11) is -3.47. The standard InChI is InChI=1S/C18H22N2O2S/c21-23(22,20-17-7-3-1-2-4-8-17)18-9-5-6-16(14-18)15-10-12-19-13-11-15/h5-6,9-14,17,20H,1-4,7-8H2. The van der Waals surface area contributed by atoms with E-state index in [1.165, 1.54) is 12.8 Å². The summed E-state index contributed by atoms with van der Waals surface area (Å²) >= 11 is 0. The molecule has 0 saturated heterocycles. The lowest BCUT2D eigenvalue weighted by atomic mass is 10.1. The largest absolute Gasteiger partial charge is 0.265 e. The van der Waals surface area contributed by atoms with Crippen LogP contribution in [-0.4, -0.2) is 19.4 Å². The molecule has 0 atom stereocenters. The summed E-state index contributed by atoms with van der Waals surface area (Å²) in [5.74, 6) is 0. The summed E-state index contributed by atoms with van der Waals surface area (Å²) in [5, 5.41) is 0. The molecule has 0 unspecified atom stereocenters. The summed E-state index contributed by atoms with van der Waals surface area (Å²) in [6, 6.07) is 10.9. The summed E-state index contributed by atoms with van der Waals surface area (Å²) in [4.78, 5) is 4.33. The number of hydrogen-bond acceptors (Lipinski definition) is 3. The van der Waals surface area contributed by atoms with Crippen LogP contribution < -0.4 is 4.72 Å². The number of aromatic nitrogens is 1. The Morgan fingerprint density at radius 2 is 1.61 bits per heavy atom. The van der Waals surface area contributed by atoms with Crippen molar-refractivity contribution in [3.05, 3.63) is 48.8 Å². The normalized spacial score (nSPS) is 16.9. The number of rotatable bonds is 4. The fraction of sp³-hybridized carbons (Fsp3) is 0.389. The van der Waals surface area contributed by atoms with Crippen molar-refractivity contribution in [1.82, 2.24) is 9.71 Å². The van der Waals surface area contributed by atoms with Gasteiger partial charge >= 0.3 is 0 Å². The highest BCUT2D eigenvalue weighted by Crippen LogP contribution is 2.23. The number of benzene rings is 1. The first-order valence-corrected chi connectivity index (χ1v) is 9.66. The lowest BCUT2D eigenvalue weighted by molar-refractivity contribution is 0.510. The van der Waals surface area contributed by atoms with E-state index in [1.807, 2.05) is 18.2 Å². The molecule has 3 rings (SSSR count). The second kappa shape index (κ2) is 7.23. The van der Waals surface area contributed by atoms with Gasteiger partial charge in [0.05, 0.1) is 4.90 Å². The molecule has 0 amide bonds. The highest BCUT2D eigenvalue weighted by atomic mass is 32.2. The molecule has 0 radical (unpaired) electrons. The Balaban J connectivity index is 1.82. The zero-order valence-electron chi connectivity index (χ0n) is 13.1. The van der Waals surface area contributed by atoms with Crippen LogP contribution in [-0.2, 0) is 10.0 Å². The van der Waals surface area contributed by atoms with Gasteiger partial charge in [0.15, 0.2) is 0 Å². The average molecular weight is 330 g/mol. The van der Waals surface area contributed by atoms with Crippen molar-refractivity contribution in [2.75, 3.05) is 0 Å². The van der Waals surface area contributed by atoms with E-state index in [1.54, 1.807) is 30.6 Å². The van der Waals surface area contributed by atoms with Crippen LogP contribution in [0.25, 0.3) is 11.1 Å². The average Bonchev–Trinajstić information content (AvgIpc) is 2.84. The topological polar surface area (TPSA) is 59.1 Å². The minimum atomic E-state index is -3.47. The van der Waals surface area contributed by atoms with Crippen molar-refractivity contribution >= 4 is 10.0 Å². The summed E-state index contributed by atoms with van der Waals surface area (Å²) in [6.07, 6.45) is 9.90. The first-order valence-electron chi connectivity index (χ1n) is 8.18. The second-order valence-corrected chi connectivity index (χ2v) is 7.79. The van der Waals surface area contributed by atoms with E-state index < -0.39 is 10.0 Å². The van der Waals surface area contributed by atoms with E-state index >= 15 is 0 Å². The third-order valence-corrected chi connectivity index (χ3v) is 5.85. The van der Waals surface area contributed by atoms with Crippen LogP contribution in [0, 0.1) is 0 Å². The number of sulfonamides is 1. The molecule has 1 aromatic carbocycles. The molecule has 1 N–H and O–H groups in total. The number of pyridine rings is 1. The molecule has 1 heterocycles. The fourth-order valence-electron chi connectivity index (χ4n) is 3.07. The van der Waals surface area contributed by atoms with Gasteiger partial charge in [0.25, 0.3) is 0 Å². The first-order chi connectivity index (χ1) is 11.1. The molecular formula is C18H22N2O2S. The summed E-state index contributed by atoms with van der Waals surface area (Å²) < 4.78 is 28.2. The van der Waals surface area contributed by atoms with Gasteiger partial charge in [-0.05, 0) is 48.2 Å². The van der Waals surface area contributed by atoms with Gasteiger partial charge in [0.2, 0.25) is 10.0 Å². The van der Waals surface area contributed by atoms with Gasteiger partial charge in [-0.25, -0.2) is 13.1 Å². The molecular weight excluding hydrogens is 308 g/mol. The molecule has 4 nitrogen and oxygen atoms in total. The van der Waals surface area contributed by atoms with Crippen LogP contribution >= 0.6 is 0 Å². The van der Waals surface area contributed by atoms with Gasteiger partial charge in [-0.2, -0.15) is 0 Å². The van der Waals surface area contributed by atoms with Crippen molar-refractivity contribution in [2.24, 2.45) is 0 Å². The number of nitrogens with zero attached hydrogens (tertiary/aromatic N) is 1. The van der Waals surface area contributed by atoms with E-state index in [4.69, 9.17) is 0 Å². The minimum absolute atomic E-state index is 0.0621. The van der Waals surface area contributed by atoms with Gasteiger partial charge in [0.1, 0.15) is 0 Å². The number of nitrogens with one attached hydrogen (secondary N) is 1. The molecule has 2 aromatic rings. The maximum Gasteiger partial charge on any atom is 0.240 e. The molecule has 23 heavy (non-hydrogen) atoms. The Labute approximate surface area is 138 Å². The number of hydrogen-bond donors (Lipinski definition) is 1. The fourth-order valence-corrected chi connectivity index (χ4v) is 4.42. The van der Waals surface area contributed by atoms with Crippen LogP contribution in [0.2, 0.25) is 0 Å². The Bertz CT molecular complexity index is 737. The van der Waals surface area contributed by atoms with Crippen molar-refractivity contribution < 1.29 is 8.42 Å². The molecule has 1 saturated carbocycles. The second-order valence-electron chi connectivity index (χ2n) is 6.07.